The minimum Gasteiger partial charge on any atom is -0.480 e. The van der Waals surface area contributed by atoms with Crippen LogP contribution in [0.2, 0.25) is 0 Å². The number of unbranched alkanes of at least 4 members (excludes halogenated alkanes) is 1. The number of nitrogens with one attached hydrogen (secondary N) is 3. The molecule has 37 heavy (non-hydrogen) atoms. The third-order valence-electron chi connectivity index (χ3n) is 6.65. The monoisotopic (exact) mass is 532 g/mol. The number of nitrogens with two attached hydrogens (primary N) is 2. The molecular weight excluding hydrogens is 496 g/mol. The van der Waals surface area contributed by atoms with E-state index in [9.17, 15) is 24.3 Å². The smallest absolute Gasteiger partial charge is 0.326 e. The Balaban J connectivity index is 1.60. The fourth-order valence-corrected chi connectivity index (χ4v) is 4.86. The first-order valence-electron chi connectivity index (χ1n) is 12.5. The zero-order valence-corrected chi connectivity index (χ0v) is 21.6. The van der Waals surface area contributed by atoms with Gasteiger partial charge in [-0.2, -0.15) is 12.6 Å². The van der Waals surface area contributed by atoms with Crippen LogP contribution in [0.3, 0.4) is 0 Å². The summed E-state index contributed by atoms with van der Waals surface area (Å²) >= 11 is 4.24. The van der Waals surface area contributed by atoms with Crippen LogP contribution in [-0.2, 0) is 25.6 Å². The van der Waals surface area contributed by atoms with E-state index in [2.05, 4.69) is 28.2 Å². The Hall–Kier alpha value is -3.09. The third-order valence-corrected chi connectivity index (χ3v) is 7.01. The number of thiol groups is 1. The van der Waals surface area contributed by atoms with Crippen molar-refractivity contribution in [2.24, 2.45) is 11.5 Å². The number of fused-ring (bicyclic) bond motifs is 1. The maximum Gasteiger partial charge on any atom is 0.326 e. The minimum atomic E-state index is -1.13. The van der Waals surface area contributed by atoms with Crippen molar-refractivity contribution < 1.29 is 24.3 Å². The molecule has 0 spiro atoms. The van der Waals surface area contributed by atoms with E-state index in [0.29, 0.717) is 38.8 Å². The van der Waals surface area contributed by atoms with Gasteiger partial charge in [-0.3, -0.25) is 14.4 Å². The summed E-state index contributed by atoms with van der Waals surface area (Å²) in [6.45, 7) is 0.761. The van der Waals surface area contributed by atoms with Crippen LogP contribution < -0.4 is 22.1 Å². The number of amides is 3. The SMILES string of the molecule is NCCCCC(NC(=O)C1CCCN1C(=O)C(CS)NC(=O)C(N)Cc1c[nH]c2ccccc12)C(=O)O. The van der Waals surface area contributed by atoms with Crippen molar-refractivity contribution >= 4 is 47.2 Å². The van der Waals surface area contributed by atoms with Crippen molar-refractivity contribution in [1.82, 2.24) is 20.5 Å². The Morgan fingerprint density at radius 2 is 1.92 bits per heavy atom. The zero-order chi connectivity index (χ0) is 26.9. The predicted octanol–water partition coefficient (Wildman–Crippen LogP) is 0.142. The van der Waals surface area contributed by atoms with Crippen LogP contribution in [0.25, 0.3) is 10.9 Å². The predicted molar refractivity (Wildman–Crippen MR) is 143 cm³/mol. The molecule has 2 heterocycles. The number of carbonyl (C=O) groups is 4. The van der Waals surface area contributed by atoms with Crippen LogP contribution in [0.1, 0.15) is 37.7 Å². The minimum absolute atomic E-state index is 0.0199. The number of likely N-dealkylation sites (tertiary alicyclic amines) is 1. The van der Waals surface area contributed by atoms with Gasteiger partial charge in [-0.1, -0.05) is 18.2 Å². The molecule has 1 aliphatic rings. The number of para-hydroxylation sites is 1. The maximum absolute atomic E-state index is 13.3. The standard InChI is InChI=1S/C25H36N6O5S/c26-10-4-3-8-19(25(35)36)29-23(33)21-9-5-11-31(21)24(34)20(14-37)30-22(32)17(27)12-15-13-28-18-7-2-1-6-16(15)18/h1-2,6-7,13,17,19-21,28,37H,3-5,8-12,14,26-27H2,(H,29,33)(H,30,32)(H,35,36). The molecule has 12 heteroatoms. The molecule has 0 bridgehead atoms. The molecule has 4 atom stereocenters. The Kier molecular flexibility index (Phi) is 10.4. The van der Waals surface area contributed by atoms with Crippen LogP contribution >= 0.6 is 12.6 Å². The summed E-state index contributed by atoms with van der Waals surface area (Å²) in [4.78, 5) is 55.2. The fraction of sp³-hybridized carbons (Fsp3) is 0.520. The largest absolute Gasteiger partial charge is 0.480 e. The first-order valence-corrected chi connectivity index (χ1v) is 13.2. The van der Waals surface area contributed by atoms with Gasteiger partial charge in [0.1, 0.15) is 18.1 Å². The number of aromatic nitrogens is 1. The van der Waals surface area contributed by atoms with Crippen molar-refractivity contribution in [1.29, 1.82) is 0 Å². The summed E-state index contributed by atoms with van der Waals surface area (Å²) in [6.07, 6.45) is 4.55. The summed E-state index contributed by atoms with van der Waals surface area (Å²) in [5.74, 6) is -2.58. The number of aliphatic carboxylic acids is 1. The lowest BCUT2D eigenvalue weighted by molar-refractivity contribution is -0.144. The lowest BCUT2D eigenvalue weighted by Gasteiger charge is -2.29. The van der Waals surface area contributed by atoms with Crippen molar-refractivity contribution in [2.75, 3.05) is 18.8 Å². The van der Waals surface area contributed by atoms with Gasteiger partial charge in [-0.05, 0) is 56.7 Å². The molecule has 0 saturated carbocycles. The first kappa shape index (κ1) is 28.5. The molecule has 1 saturated heterocycles. The quantitative estimate of drug-likeness (QED) is 0.141. The van der Waals surface area contributed by atoms with E-state index >= 15 is 0 Å². The number of carbonyl (C=O) groups excluding carboxylic acids is 3. The second kappa shape index (κ2) is 13.5. The highest BCUT2D eigenvalue weighted by molar-refractivity contribution is 7.80. The van der Waals surface area contributed by atoms with Crippen molar-refractivity contribution in [3.8, 4) is 0 Å². The molecule has 1 fully saturated rings. The summed E-state index contributed by atoms with van der Waals surface area (Å²) in [7, 11) is 0. The van der Waals surface area contributed by atoms with Gasteiger partial charge in [0.25, 0.3) is 0 Å². The summed E-state index contributed by atoms with van der Waals surface area (Å²) < 4.78 is 0. The van der Waals surface area contributed by atoms with Gasteiger partial charge in [-0.25, -0.2) is 4.79 Å². The molecule has 3 amide bonds. The maximum atomic E-state index is 13.3. The van der Waals surface area contributed by atoms with E-state index in [4.69, 9.17) is 11.5 Å². The van der Waals surface area contributed by atoms with Crippen LogP contribution in [0.15, 0.2) is 30.5 Å². The van der Waals surface area contributed by atoms with Crippen LogP contribution in [-0.4, -0.2) is 81.7 Å². The number of hydrogen-bond acceptors (Lipinski definition) is 7. The first-order chi connectivity index (χ1) is 17.8. The number of carboxylic acids is 1. The molecule has 11 nitrogen and oxygen atoms in total. The Morgan fingerprint density at radius 3 is 2.62 bits per heavy atom. The van der Waals surface area contributed by atoms with Crippen molar-refractivity contribution in [3.05, 3.63) is 36.0 Å². The van der Waals surface area contributed by atoms with Crippen LogP contribution in [0, 0.1) is 0 Å². The van der Waals surface area contributed by atoms with Crippen molar-refractivity contribution in [3.63, 3.8) is 0 Å². The Bertz CT molecular complexity index is 1110. The lowest BCUT2D eigenvalue weighted by atomic mass is 10.0. The second-order valence-electron chi connectivity index (χ2n) is 9.29. The van der Waals surface area contributed by atoms with E-state index in [1.807, 2.05) is 30.5 Å². The topological polar surface area (TPSA) is 184 Å². The summed E-state index contributed by atoms with van der Waals surface area (Å²) in [6, 6.07) is 3.95. The van der Waals surface area contributed by atoms with Gasteiger partial charge in [0.05, 0.1) is 6.04 Å². The highest BCUT2D eigenvalue weighted by Crippen LogP contribution is 2.21. The number of carboxylic acid groups (broad SMARTS) is 1. The molecule has 8 N–H and O–H groups in total. The molecule has 4 unspecified atom stereocenters. The van der Waals surface area contributed by atoms with Gasteiger partial charge < -0.3 is 37.1 Å². The number of hydrogen-bond donors (Lipinski definition) is 7. The van der Waals surface area contributed by atoms with Gasteiger partial charge in [0.15, 0.2) is 0 Å². The molecule has 0 radical (unpaired) electrons. The van der Waals surface area contributed by atoms with Gasteiger partial charge in [-0.15, -0.1) is 0 Å². The highest BCUT2D eigenvalue weighted by atomic mass is 32.1. The van der Waals surface area contributed by atoms with Crippen molar-refractivity contribution in [2.45, 2.75) is 62.7 Å². The van der Waals surface area contributed by atoms with Gasteiger partial charge in [0, 0.05) is 29.4 Å². The molecule has 0 aliphatic carbocycles. The van der Waals surface area contributed by atoms with E-state index in [0.717, 1.165) is 16.5 Å². The van der Waals surface area contributed by atoms with Gasteiger partial charge in [0.2, 0.25) is 17.7 Å². The molecule has 202 valence electrons. The number of rotatable bonds is 13. The average molecular weight is 533 g/mol. The fourth-order valence-electron chi connectivity index (χ4n) is 4.62. The van der Waals surface area contributed by atoms with Crippen LogP contribution in [0.4, 0.5) is 0 Å². The average Bonchev–Trinajstić information content (AvgIpc) is 3.54. The molecule has 2 aromatic rings. The lowest BCUT2D eigenvalue weighted by Crippen LogP contribution is -2.57. The molecule has 3 rings (SSSR count). The van der Waals surface area contributed by atoms with E-state index in [1.165, 1.54) is 4.90 Å². The Morgan fingerprint density at radius 1 is 1.16 bits per heavy atom. The third kappa shape index (κ3) is 7.24. The molecule has 1 aromatic carbocycles. The van der Waals surface area contributed by atoms with Gasteiger partial charge >= 0.3 is 5.97 Å². The molecular formula is C25H36N6O5S. The van der Waals surface area contributed by atoms with Crippen LogP contribution in [0.5, 0.6) is 0 Å². The number of H-pyrrole nitrogens is 1. The zero-order valence-electron chi connectivity index (χ0n) is 20.7. The van der Waals surface area contributed by atoms with E-state index < -0.39 is 47.9 Å². The molecule has 1 aliphatic heterocycles. The number of nitrogens with zero attached hydrogens (tertiary/aromatic N) is 1. The van der Waals surface area contributed by atoms with E-state index in [1.54, 1.807) is 0 Å². The number of aromatic amines is 1. The summed E-state index contributed by atoms with van der Waals surface area (Å²) in [5.41, 5.74) is 13.5. The summed E-state index contributed by atoms with van der Waals surface area (Å²) in [5, 5.41) is 15.7. The Labute approximate surface area is 221 Å². The highest BCUT2D eigenvalue weighted by Gasteiger charge is 2.38. The molecule has 1 aromatic heterocycles. The second-order valence-corrected chi connectivity index (χ2v) is 9.65. The van der Waals surface area contributed by atoms with E-state index in [-0.39, 0.29) is 18.6 Å². The number of benzene rings is 1. The normalized spacial score (nSPS) is 17.8.